The van der Waals surface area contributed by atoms with Gasteiger partial charge in [0, 0.05) is 30.9 Å². The molecule has 0 radical (unpaired) electrons. The van der Waals surface area contributed by atoms with Crippen molar-refractivity contribution in [2.24, 2.45) is 0 Å². The highest BCUT2D eigenvalue weighted by molar-refractivity contribution is 5.75. The van der Waals surface area contributed by atoms with E-state index in [2.05, 4.69) is 20.6 Å². The van der Waals surface area contributed by atoms with E-state index >= 15 is 0 Å². The SMILES string of the molecule is CC(CC(=O)O)NC(=O)NCCc1cnc[nH]1. The molecule has 17 heavy (non-hydrogen) atoms. The maximum atomic E-state index is 11.3. The highest BCUT2D eigenvalue weighted by Crippen LogP contribution is 1.92. The van der Waals surface area contributed by atoms with E-state index in [1.807, 2.05) is 0 Å². The summed E-state index contributed by atoms with van der Waals surface area (Å²) < 4.78 is 0. The van der Waals surface area contributed by atoms with Crippen LogP contribution in [0, 0.1) is 0 Å². The van der Waals surface area contributed by atoms with E-state index in [1.54, 1.807) is 19.4 Å². The molecule has 1 aromatic rings. The van der Waals surface area contributed by atoms with Crippen LogP contribution in [0.15, 0.2) is 12.5 Å². The number of H-pyrrole nitrogens is 1. The van der Waals surface area contributed by atoms with E-state index in [0.29, 0.717) is 13.0 Å². The Morgan fingerprint density at radius 2 is 2.35 bits per heavy atom. The second-order valence-electron chi connectivity index (χ2n) is 3.73. The molecule has 1 heterocycles. The Morgan fingerprint density at radius 1 is 1.59 bits per heavy atom. The Labute approximate surface area is 98.6 Å². The average molecular weight is 240 g/mol. The second kappa shape index (κ2) is 6.51. The van der Waals surface area contributed by atoms with Crippen LogP contribution in [0.1, 0.15) is 19.0 Å². The molecule has 7 heteroatoms. The van der Waals surface area contributed by atoms with Crippen LogP contribution < -0.4 is 10.6 Å². The van der Waals surface area contributed by atoms with Gasteiger partial charge in [0.2, 0.25) is 0 Å². The molecule has 0 saturated heterocycles. The molecular formula is C10H16N4O3. The number of aromatic nitrogens is 2. The zero-order valence-corrected chi connectivity index (χ0v) is 9.56. The molecule has 0 aliphatic carbocycles. The van der Waals surface area contributed by atoms with Crippen LogP contribution in [-0.2, 0) is 11.2 Å². The van der Waals surface area contributed by atoms with Crippen LogP contribution >= 0.6 is 0 Å². The number of nitrogens with zero attached hydrogens (tertiary/aromatic N) is 1. The highest BCUT2D eigenvalue weighted by Gasteiger charge is 2.10. The molecule has 0 aliphatic rings. The molecule has 7 nitrogen and oxygen atoms in total. The molecule has 4 N–H and O–H groups in total. The zero-order valence-electron chi connectivity index (χ0n) is 9.56. The van der Waals surface area contributed by atoms with Gasteiger partial charge in [0.1, 0.15) is 0 Å². The maximum absolute atomic E-state index is 11.3. The molecule has 0 bridgehead atoms. The van der Waals surface area contributed by atoms with Crippen molar-refractivity contribution in [2.75, 3.05) is 6.54 Å². The van der Waals surface area contributed by atoms with E-state index < -0.39 is 5.97 Å². The Bertz CT molecular complexity index is 364. The standard InChI is InChI=1S/C10H16N4O3/c1-7(4-9(15)16)14-10(17)12-3-2-8-5-11-6-13-8/h5-7H,2-4H2,1H3,(H,11,13)(H,15,16)(H2,12,14,17). The van der Waals surface area contributed by atoms with Crippen LogP contribution in [-0.4, -0.2) is 39.7 Å². The first-order valence-electron chi connectivity index (χ1n) is 5.31. The van der Waals surface area contributed by atoms with Gasteiger partial charge in [0.25, 0.3) is 0 Å². The fourth-order valence-electron chi connectivity index (χ4n) is 1.32. The maximum Gasteiger partial charge on any atom is 0.315 e. The molecule has 1 atom stereocenters. The quantitative estimate of drug-likeness (QED) is 0.566. The first-order valence-corrected chi connectivity index (χ1v) is 5.31. The van der Waals surface area contributed by atoms with Crippen LogP contribution in [0.4, 0.5) is 4.79 Å². The van der Waals surface area contributed by atoms with Crippen molar-refractivity contribution in [3.05, 3.63) is 18.2 Å². The van der Waals surface area contributed by atoms with Crippen molar-refractivity contribution in [2.45, 2.75) is 25.8 Å². The predicted molar refractivity (Wildman–Crippen MR) is 60.5 cm³/mol. The Morgan fingerprint density at radius 3 is 2.94 bits per heavy atom. The van der Waals surface area contributed by atoms with Crippen molar-refractivity contribution in [3.8, 4) is 0 Å². The summed E-state index contributed by atoms with van der Waals surface area (Å²) in [5, 5.41) is 13.7. The van der Waals surface area contributed by atoms with Gasteiger partial charge < -0.3 is 20.7 Å². The third kappa shape index (κ3) is 5.55. The third-order valence-corrected chi connectivity index (χ3v) is 2.09. The van der Waals surface area contributed by atoms with Crippen molar-refractivity contribution in [1.82, 2.24) is 20.6 Å². The number of amides is 2. The van der Waals surface area contributed by atoms with Gasteiger partial charge in [-0.1, -0.05) is 0 Å². The molecule has 94 valence electrons. The number of aliphatic carboxylic acids is 1. The summed E-state index contributed by atoms with van der Waals surface area (Å²) in [5.74, 6) is -0.935. The summed E-state index contributed by atoms with van der Waals surface area (Å²) >= 11 is 0. The number of carbonyl (C=O) groups is 2. The first-order chi connectivity index (χ1) is 8.08. The van der Waals surface area contributed by atoms with E-state index in [0.717, 1.165) is 5.69 Å². The minimum atomic E-state index is -0.935. The average Bonchev–Trinajstić information content (AvgIpc) is 2.68. The van der Waals surface area contributed by atoms with Gasteiger partial charge in [-0.25, -0.2) is 9.78 Å². The molecule has 1 unspecified atom stereocenters. The smallest absolute Gasteiger partial charge is 0.315 e. The van der Waals surface area contributed by atoms with Crippen LogP contribution in [0.25, 0.3) is 0 Å². The van der Waals surface area contributed by atoms with Crippen LogP contribution in [0.2, 0.25) is 0 Å². The van der Waals surface area contributed by atoms with Crippen molar-refractivity contribution in [3.63, 3.8) is 0 Å². The summed E-state index contributed by atoms with van der Waals surface area (Å²) in [7, 11) is 0. The number of nitrogens with one attached hydrogen (secondary N) is 3. The van der Waals surface area contributed by atoms with Crippen LogP contribution in [0.3, 0.4) is 0 Å². The topological polar surface area (TPSA) is 107 Å². The number of hydrogen-bond acceptors (Lipinski definition) is 3. The summed E-state index contributed by atoms with van der Waals surface area (Å²) in [6.45, 7) is 2.11. The fraction of sp³-hybridized carbons (Fsp3) is 0.500. The summed E-state index contributed by atoms with van der Waals surface area (Å²) in [4.78, 5) is 28.5. The van der Waals surface area contributed by atoms with Gasteiger partial charge in [-0.15, -0.1) is 0 Å². The minimum absolute atomic E-state index is 0.0893. The normalized spacial score (nSPS) is 11.8. The number of imidazole rings is 1. The zero-order chi connectivity index (χ0) is 12.7. The molecule has 0 aliphatic heterocycles. The number of carboxylic acid groups (broad SMARTS) is 1. The van der Waals surface area contributed by atoms with E-state index in [-0.39, 0.29) is 18.5 Å². The molecule has 0 spiro atoms. The minimum Gasteiger partial charge on any atom is -0.481 e. The van der Waals surface area contributed by atoms with Gasteiger partial charge in [-0.05, 0) is 6.92 Å². The number of hydrogen-bond donors (Lipinski definition) is 4. The van der Waals surface area contributed by atoms with Crippen molar-refractivity contribution in [1.29, 1.82) is 0 Å². The van der Waals surface area contributed by atoms with Gasteiger partial charge in [0.15, 0.2) is 0 Å². The van der Waals surface area contributed by atoms with E-state index in [1.165, 1.54) is 0 Å². The number of carbonyl (C=O) groups excluding carboxylic acids is 1. The predicted octanol–water partition coefficient (Wildman–Crippen LogP) is 0.115. The summed E-state index contributed by atoms with van der Waals surface area (Å²) in [5.41, 5.74) is 0.934. The Hall–Kier alpha value is -2.05. The molecule has 2 amide bonds. The van der Waals surface area contributed by atoms with Crippen molar-refractivity contribution >= 4 is 12.0 Å². The van der Waals surface area contributed by atoms with E-state index in [9.17, 15) is 9.59 Å². The lowest BCUT2D eigenvalue weighted by Crippen LogP contribution is -2.42. The van der Waals surface area contributed by atoms with Crippen LogP contribution in [0.5, 0.6) is 0 Å². The number of urea groups is 1. The Balaban J connectivity index is 2.14. The van der Waals surface area contributed by atoms with Crippen molar-refractivity contribution < 1.29 is 14.7 Å². The molecule has 0 fully saturated rings. The van der Waals surface area contributed by atoms with Gasteiger partial charge in [0.05, 0.1) is 12.7 Å². The molecular weight excluding hydrogens is 224 g/mol. The number of carboxylic acids is 1. The first kappa shape index (κ1) is 13.0. The fourth-order valence-corrected chi connectivity index (χ4v) is 1.32. The summed E-state index contributed by atoms with van der Waals surface area (Å²) in [6, 6.07) is -0.752. The van der Waals surface area contributed by atoms with Gasteiger partial charge >= 0.3 is 12.0 Å². The molecule has 1 aromatic heterocycles. The molecule has 0 aromatic carbocycles. The molecule has 1 rings (SSSR count). The van der Waals surface area contributed by atoms with Gasteiger partial charge in [-0.3, -0.25) is 4.79 Å². The second-order valence-corrected chi connectivity index (χ2v) is 3.73. The van der Waals surface area contributed by atoms with Gasteiger partial charge in [-0.2, -0.15) is 0 Å². The third-order valence-electron chi connectivity index (χ3n) is 2.09. The highest BCUT2D eigenvalue weighted by atomic mass is 16.4. The number of aromatic amines is 1. The lowest BCUT2D eigenvalue weighted by atomic mass is 10.2. The Kier molecular flexibility index (Phi) is 4.99. The monoisotopic (exact) mass is 240 g/mol. The largest absolute Gasteiger partial charge is 0.481 e. The van der Waals surface area contributed by atoms with E-state index in [4.69, 9.17) is 5.11 Å². The lowest BCUT2D eigenvalue weighted by molar-refractivity contribution is -0.137. The molecule has 0 saturated carbocycles. The summed E-state index contributed by atoms with van der Waals surface area (Å²) in [6.07, 6.45) is 3.83. The lowest BCUT2D eigenvalue weighted by Gasteiger charge is -2.12. The number of rotatable bonds is 6.